The molecule has 9 heteroatoms. The monoisotopic (exact) mass is 449 g/mol. The number of Topliss-reactive ketones (excluding diaryl/α,β-unsaturated/α-hetero) is 1. The van der Waals surface area contributed by atoms with Gasteiger partial charge in [-0.25, -0.2) is 0 Å². The summed E-state index contributed by atoms with van der Waals surface area (Å²) in [4.78, 5) is 17.9. The SMILES string of the molecule is CCCO/N=C(\C)C1=C(O)CC(CCSc2ccc(Cl)c(C(F)(F)F)c2)CC1=O. The van der Waals surface area contributed by atoms with Crippen LogP contribution in [-0.4, -0.2) is 29.0 Å². The van der Waals surface area contributed by atoms with Gasteiger partial charge in [-0.3, -0.25) is 4.79 Å². The van der Waals surface area contributed by atoms with Crippen molar-refractivity contribution < 1.29 is 27.9 Å². The Kier molecular flexibility index (Phi) is 8.46. The van der Waals surface area contributed by atoms with Gasteiger partial charge < -0.3 is 9.94 Å². The van der Waals surface area contributed by atoms with Gasteiger partial charge in [-0.05, 0) is 49.6 Å². The van der Waals surface area contributed by atoms with Crippen LogP contribution in [0.15, 0.2) is 39.6 Å². The Hall–Kier alpha value is -1.67. The van der Waals surface area contributed by atoms with Crippen LogP contribution in [0.2, 0.25) is 5.02 Å². The maximum Gasteiger partial charge on any atom is 0.417 e. The molecule has 1 aliphatic carbocycles. The Balaban J connectivity index is 1.95. The fourth-order valence-electron chi connectivity index (χ4n) is 3.02. The summed E-state index contributed by atoms with van der Waals surface area (Å²) in [7, 11) is 0. The number of hydrogen-bond acceptors (Lipinski definition) is 5. The summed E-state index contributed by atoms with van der Waals surface area (Å²) in [5.74, 6) is 0.239. The number of benzene rings is 1. The highest BCUT2D eigenvalue weighted by Gasteiger charge is 2.33. The lowest BCUT2D eigenvalue weighted by Crippen LogP contribution is -2.24. The third-order valence-corrected chi connectivity index (χ3v) is 5.78. The summed E-state index contributed by atoms with van der Waals surface area (Å²) < 4.78 is 38.8. The first-order valence-corrected chi connectivity index (χ1v) is 10.6. The smallest absolute Gasteiger partial charge is 0.417 e. The second-order valence-corrected chi connectivity index (χ2v) is 8.38. The van der Waals surface area contributed by atoms with Gasteiger partial charge in [-0.2, -0.15) is 13.2 Å². The van der Waals surface area contributed by atoms with E-state index in [1.165, 1.54) is 17.8 Å². The number of carbonyl (C=O) groups excluding carboxylic acids is 1. The van der Waals surface area contributed by atoms with Gasteiger partial charge >= 0.3 is 6.18 Å². The topological polar surface area (TPSA) is 58.9 Å². The molecule has 1 N–H and O–H groups in total. The van der Waals surface area contributed by atoms with E-state index in [9.17, 15) is 23.1 Å². The molecule has 2 rings (SSSR count). The zero-order chi connectivity index (χ0) is 21.6. The van der Waals surface area contributed by atoms with Crippen molar-refractivity contribution in [3.8, 4) is 0 Å². The fourth-order valence-corrected chi connectivity index (χ4v) is 4.30. The molecular formula is C20H23ClF3NO3S. The molecule has 4 nitrogen and oxygen atoms in total. The van der Waals surface area contributed by atoms with Crippen molar-refractivity contribution in [2.45, 2.75) is 50.6 Å². The molecule has 0 bridgehead atoms. The minimum absolute atomic E-state index is 0.0107. The molecule has 1 aromatic rings. The van der Waals surface area contributed by atoms with Gasteiger partial charge in [0.25, 0.3) is 0 Å². The van der Waals surface area contributed by atoms with Crippen molar-refractivity contribution in [1.29, 1.82) is 0 Å². The van der Waals surface area contributed by atoms with Crippen LogP contribution in [0.1, 0.15) is 45.1 Å². The lowest BCUT2D eigenvalue weighted by Gasteiger charge is -2.23. The van der Waals surface area contributed by atoms with Crippen LogP contribution in [0, 0.1) is 5.92 Å². The summed E-state index contributed by atoms with van der Waals surface area (Å²) >= 11 is 6.89. The van der Waals surface area contributed by atoms with Gasteiger partial charge in [-0.15, -0.1) is 11.8 Å². The molecule has 0 fully saturated rings. The van der Waals surface area contributed by atoms with E-state index in [0.717, 1.165) is 12.5 Å². The fraction of sp³-hybridized carbons (Fsp3) is 0.500. The highest BCUT2D eigenvalue weighted by atomic mass is 35.5. The number of aliphatic hydroxyl groups is 1. The van der Waals surface area contributed by atoms with Crippen molar-refractivity contribution >= 4 is 34.9 Å². The average molecular weight is 450 g/mol. The largest absolute Gasteiger partial charge is 0.511 e. The standard InChI is InChI=1S/C20H23ClF3NO3S/c1-3-7-28-25-12(2)19-17(26)9-13(10-18(19)27)6-8-29-14-4-5-16(21)15(11-14)20(22,23)24/h4-5,11,13,26H,3,6-10H2,1-2H3/b25-12+. The molecule has 1 unspecified atom stereocenters. The molecule has 29 heavy (non-hydrogen) atoms. The van der Waals surface area contributed by atoms with Crippen LogP contribution in [0.4, 0.5) is 13.2 Å². The quantitative estimate of drug-likeness (QED) is 0.215. The lowest BCUT2D eigenvalue weighted by molar-refractivity contribution is -0.137. The summed E-state index contributed by atoms with van der Waals surface area (Å²) in [5, 5.41) is 13.8. The number of alkyl halides is 3. The Bertz CT molecular complexity index is 809. The first-order chi connectivity index (χ1) is 13.6. The van der Waals surface area contributed by atoms with E-state index in [4.69, 9.17) is 16.4 Å². The van der Waals surface area contributed by atoms with Crippen molar-refractivity contribution in [2.24, 2.45) is 11.1 Å². The van der Waals surface area contributed by atoms with Crippen LogP contribution in [-0.2, 0) is 15.8 Å². The van der Waals surface area contributed by atoms with Gasteiger partial charge in [0.05, 0.1) is 21.9 Å². The second kappa shape index (κ2) is 10.4. The number of allylic oxidation sites excluding steroid dienone is 2. The first kappa shape index (κ1) is 23.6. The Morgan fingerprint density at radius 1 is 1.38 bits per heavy atom. The van der Waals surface area contributed by atoms with E-state index in [1.807, 2.05) is 6.92 Å². The average Bonchev–Trinajstić information content (AvgIpc) is 2.62. The number of nitrogens with zero attached hydrogens (tertiary/aromatic N) is 1. The minimum Gasteiger partial charge on any atom is -0.511 e. The van der Waals surface area contributed by atoms with E-state index in [1.54, 1.807) is 13.0 Å². The molecule has 0 amide bonds. The minimum atomic E-state index is -4.50. The van der Waals surface area contributed by atoms with E-state index in [-0.39, 0.29) is 34.5 Å². The molecule has 0 saturated carbocycles. The van der Waals surface area contributed by atoms with E-state index < -0.39 is 11.7 Å². The number of thioether (sulfide) groups is 1. The number of hydrogen-bond donors (Lipinski definition) is 1. The number of carbonyl (C=O) groups is 1. The van der Waals surface area contributed by atoms with Crippen molar-refractivity contribution in [1.82, 2.24) is 0 Å². The van der Waals surface area contributed by atoms with Crippen molar-refractivity contribution in [2.75, 3.05) is 12.4 Å². The van der Waals surface area contributed by atoms with Gasteiger partial charge in [0.2, 0.25) is 0 Å². The summed E-state index contributed by atoms with van der Waals surface area (Å²) in [6.45, 7) is 3.98. The van der Waals surface area contributed by atoms with Crippen LogP contribution >= 0.6 is 23.4 Å². The summed E-state index contributed by atoms with van der Waals surface area (Å²) in [6, 6.07) is 3.81. The number of oxime groups is 1. The molecule has 1 aliphatic rings. The predicted molar refractivity (Wildman–Crippen MR) is 109 cm³/mol. The molecule has 0 aromatic heterocycles. The number of ketones is 1. The van der Waals surface area contributed by atoms with Gasteiger partial charge in [-0.1, -0.05) is 23.7 Å². The highest BCUT2D eigenvalue weighted by Crippen LogP contribution is 2.37. The number of aliphatic hydroxyl groups excluding tert-OH is 1. The van der Waals surface area contributed by atoms with Crippen LogP contribution < -0.4 is 0 Å². The molecular weight excluding hydrogens is 427 g/mol. The summed E-state index contributed by atoms with van der Waals surface area (Å²) in [5.41, 5.74) is -0.297. The molecule has 0 saturated heterocycles. The van der Waals surface area contributed by atoms with Gasteiger partial charge in [0, 0.05) is 17.7 Å². The van der Waals surface area contributed by atoms with Gasteiger partial charge in [0.1, 0.15) is 12.4 Å². The predicted octanol–water partition coefficient (Wildman–Crippen LogP) is 6.43. The number of rotatable bonds is 8. The van der Waals surface area contributed by atoms with Crippen LogP contribution in [0.25, 0.3) is 0 Å². The second-order valence-electron chi connectivity index (χ2n) is 6.81. The molecule has 1 aromatic carbocycles. The molecule has 0 heterocycles. The maximum atomic E-state index is 12.9. The third-order valence-electron chi connectivity index (χ3n) is 4.42. The van der Waals surface area contributed by atoms with Crippen molar-refractivity contribution in [3.05, 3.63) is 40.1 Å². The Morgan fingerprint density at radius 2 is 2.10 bits per heavy atom. The zero-order valence-electron chi connectivity index (χ0n) is 16.2. The van der Waals surface area contributed by atoms with E-state index in [2.05, 4.69) is 5.16 Å². The van der Waals surface area contributed by atoms with Crippen molar-refractivity contribution in [3.63, 3.8) is 0 Å². The van der Waals surface area contributed by atoms with Gasteiger partial charge in [0.15, 0.2) is 5.78 Å². The normalized spacial score (nSPS) is 18.3. The van der Waals surface area contributed by atoms with Crippen LogP contribution in [0.3, 0.4) is 0 Å². The Labute approximate surface area is 177 Å². The number of halogens is 4. The zero-order valence-corrected chi connectivity index (χ0v) is 17.8. The summed E-state index contributed by atoms with van der Waals surface area (Å²) in [6.07, 6.45) is -2.55. The van der Waals surface area contributed by atoms with E-state index >= 15 is 0 Å². The molecule has 0 radical (unpaired) electrons. The third kappa shape index (κ3) is 6.67. The molecule has 0 aliphatic heterocycles. The lowest BCUT2D eigenvalue weighted by atomic mass is 9.84. The first-order valence-electron chi connectivity index (χ1n) is 9.25. The van der Waals surface area contributed by atoms with E-state index in [0.29, 0.717) is 35.8 Å². The molecule has 160 valence electrons. The Morgan fingerprint density at radius 3 is 2.72 bits per heavy atom. The molecule has 0 spiro atoms. The maximum absolute atomic E-state index is 12.9. The van der Waals surface area contributed by atoms with Crippen LogP contribution in [0.5, 0.6) is 0 Å². The highest BCUT2D eigenvalue weighted by molar-refractivity contribution is 7.99. The molecule has 1 atom stereocenters.